The lowest BCUT2D eigenvalue weighted by atomic mass is 9.93. The standard InChI is InChI=1S/C22H26ClN7O/c1-14(31)29-9-11-30(12-10-29)19-6-5-16(13-18(19)23)26-22-27-20-17(7-8-24-20)21(28-22)25-15-3-2-4-15/h5-8,13,15H,2-4,9-12H2,1H3,(H3,24,25,26,27,28). The monoisotopic (exact) mass is 439 g/mol. The van der Waals surface area contributed by atoms with Gasteiger partial charge in [0, 0.05) is 51.0 Å². The summed E-state index contributed by atoms with van der Waals surface area (Å²) in [6.07, 6.45) is 5.50. The maximum absolute atomic E-state index is 11.5. The maximum atomic E-state index is 11.5. The van der Waals surface area contributed by atoms with Crippen molar-refractivity contribution in [2.24, 2.45) is 0 Å². The molecule has 0 radical (unpaired) electrons. The van der Waals surface area contributed by atoms with Gasteiger partial charge >= 0.3 is 0 Å². The van der Waals surface area contributed by atoms with E-state index < -0.39 is 0 Å². The summed E-state index contributed by atoms with van der Waals surface area (Å²) in [5, 5.41) is 8.49. The maximum Gasteiger partial charge on any atom is 0.231 e. The highest BCUT2D eigenvalue weighted by atomic mass is 35.5. The quantitative estimate of drug-likeness (QED) is 0.557. The molecule has 1 saturated heterocycles. The molecule has 2 aliphatic rings. The highest BCUT2D eigenvalue weighted by Crippen LogP contribution is 2.32. The summed E-state index contributed by atoms with van der Waals surface area (Å²) in [4.78, 5) is 28.1. The number of nitrogens with zero attached hydrogens (tertiary/aromatic N) is 4. The average Bonchev–Trinajstić information content (AvgIpc) is 3.19. The number of piperazine rings is 1. The molecule has 1 aliphatic heterocycles. The normalized spacial score (nSPS) is 17.0. The molecule has 3 N–H and O–H groups in total. The lowest BCUT2D eigenvalue weighted by Crippen LogP contribution is -2.48. The summed E-state index contributed by atoms with van der Waals surface area (Å²) in [5.41, 5.74) is 2.60. The third-order valence-corrected chi connectivity index (χ3v) is 6.43. The van der Waals surface area contributed by atoms with Crippen LogP contribution in [0.4, 0.5) is 23.1 Å². The molecule has 2 aromatic heterocycles. The van der Waals surface area contributed by atoms with E-state index in [9.17, 15) is 4.79 Å². The number of nitrogens with one attached hydrogen (secondary N) is 3. The van der Waals surface area contributed by atoms with Crippen molar-refractivity contribution in [3.8, 4) is 0 Å². The Morgan fingerprint density at radius 2 is 1.97 bits per heavy atom. The predicted octanol–water partition coefficient (Wildman–Crippen LogP) is 3.99. The molecule has 5 rings (SSSR count). The first kappa shape index (κ1) is 19.9. The molecule has 3 heterocycles. The molecule has 1 aromatic carbocycles. The molecule has 0 unspecified atom stereocenters. The topological polar surface area (TPSA) is 89.2 Å². The van der Waals surface area contributed by atoms with E-state index >= 15 is 0 Å². The second-order valence-electron chi connectivity index (χ2n) is 8.19. The average molecular weight is 440 g/mol. The van der Waals surface area contributed by atoms with E-state index in [1.54, 1.807) is 6.92 Å². The van der Waals surface area contributed by atoms with Gasteiger partial charge < -0.3 is 25.4 Å². The number of halogens is 1. The largest absolute Gasteiger partial charge is 0.367 e. The van der Waals surface area contributed by atoms with Crippen LogP contribution in [-0.4, -0.2) is 58.0 Å². The Balaban J connectivity index is 1.33. The van der Waals surface area contributed by atoms with Crippen molar-refractivity contribution in [2.75, 3.05) is 41.7 Å². The fourth-order valence-electron chi connectivity index (χ4n) is 4.09. The van der Waals surface area contributed by atoms with Crippen molar-refractivity contribution in [3.05, 3.63) is 35.5 Å². The van der Waals surface area contributed by atoms with Crippen LogP contribution in [0.25, 0.3) is 11.0 Å². The minimum Gasteiger partial charge on any atom is -0.367 e. The number of hydrogen-bond donors (Lipinski definition) is 3. The molecule has 2 fully saturated rings. The van der Waals surface area contributed by atoms with E-state index in [4.69, 9.17) is 16.6 Å². The second-order valence-corrected chi connectivity index (χ2v) is 8.60. The first-order valence-electron chi connectivity index (χ1n) is 10.8. The Kier molecular flexibility index (Phi) is 5.31. The Labute approximate surface area is 186 Å². The van der Waals surface area contributed by atoms with Gasteiger partial charge in [-0.15, -0.1) is 0 Å². The van der Waals surface area contributed by atoms with Crippen molar-refractivity contribution < 1.29 is 4.79 Å². The first-order valence-corrected chi connectivity index (χ1v) is 11.1. The van der Waals surface area contributed by atoms with Crippen molar-refractivity contribution in [3.63, 3.8) is 0 Å². The Bertz CT molecular complexity index is 1100. The molecule has 1 amide bonds. The fraction of sp³-hybridized carbons (Fsp3) is 0.409. The summed E-state index contributed by atoms with van der Waals surface area (Å²) < 4.78 is 0. The first-order chi connectivity index (χ1) is 15.1. The number of carbonyl (C=O) groups is 1. The van der Waals surface area contributed by atoms with Gasteiger partial charge in [-0.3, -0.25) is 4.79 Å². The fourth-order valence-corrected chi connectivity index (χ4v) is 4.39. The number of anilines is 4. The van der Waals surface area contributed by atoms with Gasteiger partial charge in [-0.25, -0.2) is 0 Å². The lowest BCUT2D eigenvalue weighted by Gasteiger charge is -2.36. The van der Waals surface area contributed by atoms with Crippen LogP contribution in [0.1, 0.15) is 26.2 Å². The number of aromatic amines is 1. The number of hydrogen-bond acceptors (Lipinski definition) is 6. The van der Waals surface area contributed by atoms with Crippen LogP contribution in [0.5, 0.6) is 0 Å². The van der Waals surface area contributed by atoms with Gasteiger partial charge in [-0.1, -0.05) is 11.6 Å². The van der Waals surface area contributed by atoms with Gasteiger partial charge in [0.05, 0.1) is 16.1 Å². The molecule has 0 spiro atoms. The molecule has 0 bridgehead atoms. The van der Waals surface area contributed by atoms with Gasteiger partial charge in [0.25, 0.3) is 0 Å². The van der Waals surface area contributed by atoms with Crippen LogP contribution >= 0.6 is 11.6 Å². The number of carbonyl (C=O) groups excluding carboxylic acids is 1. The van der Waals surface area contributed by atoms with E-state index in [1.165, 1.54) is 19.3 Å². The Morgan fingerprint density at radius 1 is 1.16 bits per heavy atom. The van der Waals surface area contributed by atoms with Crippen molar-refractivity contribution >= 4 is 51.7 Å². The Hall–Kier alpha value is -3.00. The van der Waals surface area contributed by atoms with E-state index in [1.807, 2.05) is 35.4 Å². The summed E-state index contributed by atoms with van der Waals surface area (Å²) in [6, 6.07) is 8.37. The summed E-state index contributed by atoms with van der Waals surface area (Å²) in [6.45, 7) is 4.59. The lowest BCUT2D eigenvalue weighted by molar-refractivity contribution is -0.129. The molecule has 162 valence electrons. The molecular weight excluding hydrogens is 414 g/mol. The highest BCUT2D eigenvalue weighted by Gasteiger charge is 2.21. The Morgan fingerprint density at radius 3 is 2.65 bits per heavy atom. The third-order valence-electron chi connectivity index (χ3n) is 6.13. The van der Waals surface area contributed by atoms with E-state index in [0.717, 1.165) is 41.3 Å². The van der Waals surface area contributed by atoms with Gasteiger partial charge in [-0.2, -0.15) is 9.97 Å². The summed E-state index contributed by atoms with van der Waals surface area (Å²) in [7, 11) is 0. The zero-order valence-corrected chi connectivity index (χ0v) is 18.2. The summed E-state index contributed by atoms with van der Waals surface area (Å²) in [5.74, 6) is 1.50. The van der Waals surface area contributed by atoms with Gasteiger partial charge in [0.15, 0.2) is 0 Å². The molecule has 1 aliphatic carbocycles. The molecule has 0 atom stereocenters. The highest BCUT2D eigenvalue weighted by molar-refractivity contribution is 6.33. The van der Waals surface area contributed by atoms with Crippen LogP contribution in [0.15, 0.2) is 30.5 Å². The number of fused-ring (bicyclic) bond motifs is 1. The number of H-pyrrole nitrogens is 1. The van der Waals surface area contributed by atoms with Gasteiger partial charge in [0.2, 0.25) is 11.9 Å². The SMILES string of the molecule is CC(=O)N1CCN(c2ccc(Nc3nc(NC4CCC4)c4cc[nH]c4n3)cc2Cl)CC1. The van der Waals surface area contributed by atoms with Crippen LogP contribution in [-0.2, 0) is 4.79 Å². The molecular formula is C22H26ClN7O. The molecule has 9 heteroatoms. The zero-order valence-electron chi connectivity index (χ0n) is 17.5. The minimum absolute atomic E-state index is 0.121. The molecule has 31 heavy (non-hydrogen) atoms. The number of aromatic nitrogens is 3. The minimum atomic E-state index is 0.121. The third kappa shape index (κ3) is 4.12. The molecule has 3 aromatic rings. The van der Waals surface area contributed by atoms with Crippen LogP contribution in [0, 0.1) is 0 Å². The van der Waals surface area contributed by atoms with Crippen molar-refractivity contribution in [1.82, 2.24) is 19.9 Å². The van der Waals surface area contributed by atoms with E-state index in [0.29, 0.717) is 30.1 Å². The molecule has 1 saturated carbocycles. The van der Waals surface area contributed by atoms with Crippen molar-refractivity contribution in [1.29, 1.82) is 0 Å². The van der Waals surface area contributed by atoms with E-state index in [-0.39, 0.29) is 5.91 Å². The van der Waals surface area contributed by atoms with Gasteiger partial charge in [0.1, 0.15) is 11.5 Å². The van der Waals surface area contributed by atoms with Crippen LogP contribution in [0.3, 0.4) is 0 Å². The van der Waals surface area contributed by atoms with Gasteiger partial charge in [-0.05, 0) is 43.5 Å². The van der Waals surface area contributed by atoms with Crippen LogP contribution in [0.2, 0.25) is 5.02 Å². The second kappa shape index (κ2) is 8.26. The number of amides is 1. The molecule has 8 nitrogen and oxygen atoms in total. The zero-order chi connectivity index (χ0) is 21.4. The van der Waals surface area contributed by atoms with E-state index in [2.05, 4.69) is 25.5 Å². The number of rotatable bonds is 5. The predicted molar refractivity (Wildman–Crippen MR) is 124 cm³/mol. The number of benzene rings is 1. The smallest absolute Gasteiger partial charge is 0.231 e. The van der Waals surface area contributed by atoms with Crippen LogP contribution < -0.4 is 15.5 Å². The summed E-state index contributed by atoms with van der Waals surface area (Å²) >= 11 is 6.61. The van der Waals surface area contributed by atoms with Crippen molar-refractivity contribution in [2.45, 2.75) is 32.2 Å².